The number of nitrogens with zero attached hydrogens (tertiary/aromatic N) is 3. The highest BCUT2D eigenvalue weighted by Gasteiger charge is 2.37. The van der Waals surface area contributed by atoms with Crippen LogP contribution in [0.4, 0.5) is 0 Å². The van der Waals surface area contributed by atoms with Crippen molar-refractivity contribution in [1.29, 1.82) is 0 Å². The number of halogens is 6. The molecule has 0 radical (unpaired) electrons. The van der Waals surface area contributed by atoms with E-state index in [0.717, 1.165) is 0 Å². The van der Waals surface area contributed by atoms with Crippen LogP contribution in [-0.2, 0) is 4.57 Å². The van der Waals surface area contributed by atoms with E-state index in [9.17, 15) is 4.57 Å². The molecule has 7 nitrogen and oxygen atoms in total. The summed E-state index contributed by atoms with van der Waals surface area (Å²) in [4.78, 5) is 0. The molecular formula is C24H12Br3Cl3N3O4P. The van der Waals surface area contributed by atoms with Crippen molar-refractivity contribution in [2.75, 3.05) is 0 Å². The third-order valence-corrected chi connectivity index (χ3v) is 9.42. The van der Waals surface area contributed by atoms with Gasteiger partial charge in [-0.15, -0.1) is 0 Å². The molecule has 0 amide bonds. The first-order valence-corrected chi connectivity index (χ1v) is 15.4. The Morgan fingerprint density at radius 3 is 1.13 bits per heavy atom. The first-order valence-electron chi connectivity index (χ1n) is 10.7. The van der Waals surface area contributed by atoms with Crippen molar-refractivity contribution >= 4 is 124 Å². The van der Waals surface area contributed by atoms with Crippen LogP contribution in [-0.4, -0.2) is 10.8 Å². The molecule has 194 valence electrons. The lowest BCUT2D eigenvalue weighted by Gasteiger charge is -2.18. The molecule has 0 saturated carbocycles. The Labute approximate surface area is 256 Å². The van der Waals surface area contributed by atoms with Crippen LogP contribution in [0.5, 0.6) is 17.2 Å². The first-order chi connectivity index (χ1) is 18.1. The number of hydrogen-bond donors (Lipinski definition) is 0. The van der Waals surface area contributed by atoms with Gasteiger partial charge in [-0.1, -0.05) is 34.8 Å². The highest BCUT2D eigenvalue weighted by molar-refractivity contribution is 9.08. The van der Waals surface area contributed by atoms with Gasteiger partial charge in [0.15, 0.2) is 17.2 Å². The molecular weight excluding hydrogens is 771 g/mol. The molecule has 3 heterocycles. The molecule has 0 unspecified atom stereocenters. The van der Waals surface area contributed by atoms with Crippen molar-refractivity contribution in [1.82, 2.24) is 10.8 Å². The molecule has 6 aromatic rings. The molecule has 0 aliphatic rings. The van der Waals surface area contributed by atoms with Crippen LogP contribution in [0.3, 0.4) is 0 Å². The van der Waals surface area contributed by atoms with Crippen molar-refractivity contribution < 1.29 is 18.1 Å². The van der Waals surface area contributed by atoms with Crippen LogP contribution in [0, 0.1) is 0 Å². The third-order valence-electron chi connectivity index (χ3n) is 5.69. The van der Waals surface area contributed by atoms with Crippen molar-refractivity contribution in [2.24, 2.45) is 0 Å². The standard InChI is InChI=1S/C24H12Br3Cl3N3O4P/c25-31-10-22(16-4-1-13(28)7-19(16)31)35-38(34,36-23-11-32(26)20-8-14(29)2-5-17(20)23)37-24-12-33(27)21-9-15(30)3-6-18(21)24/h1-12H. The van der Waals surface area contributed by atoms with E-state index in [0.29, 0.717) is 47.8 Å². The van der Waals surface area contributed by atoms with Gasteiger partial charge in [-0.05, 0) is 54.6 Å². The van der Waals surface area contributed by atoms with E-state index in [4.69, 9.17) is 48.4 Å². The molecule has 14 heteroatoms. The van der Waals surface area contributed by atoms with Gasteiger partial charge in [-0.25, -0.2) is 0 Å². The molecule has 0 aliphatic heterocycles. The van der Waals surface area contributed by atoms with Crippen LogP contribution >= 0.6 is 91.1 Å². The van der Waals surface area contributed by atoms with Crippen LogP contribution in [0.15, 0.2) is 73.2 Å². The van der Waals surface area contributed by atoms with E-state index in [-0.39, 0.29) is 17.2 Å². The lowest BCUT2D eigenvalue weighted by molar-refractivity contribution is 0.302. The highest BCUT2D eigenvalue weighted by Crippen LogP contribution is 2.54. The van der Waals surface area contributed by atoms with Gasteiger partial charge in [0.25, 0.3) is 0 Å². The summed E-state index contributed by atoms with van der Waals surface area (Å²) in [6.07, 6.45) is 4.84. The van der Waals surface area contributed by atoms with Gasteiger partial charge in [-0.2, -0.15) is 4.57 Å². The quantitative estimate of drug-likeness (QED) is 0.158. The molecule has 0 saturated heterocycles. The van der Waals surface area contributed by atoms with Gasteiger partial charge in [-0.3, -0.25) is 10.8 Å². The summed E-state index contributed by atoms with van der Waals surface area (Å²) in [5, 5.41) is 3.53. The lowest BCUT2D eigenvalue weighted by Crippen LogP contribution is -2.07. The van der Waals surface area contributed by atoms with E-state index in [1.165, 1.54) is 0 Å². The van der Waals surface area contributed by atoms with Crippen molar-refractivity contribution in [3.8, 4) is 17.2 Å². The minimum atomic E-state index is -4.40. The maximum atomic E-state index is 14.5. The zero-order valence-electron chi connectivity index (χ0n) is 18.6. The molecule has 3 aromatic carbocycles. The van der Waals surface area contributed by atoms with Gasteiger partial charge >= 0.3 is 7.82 Å². The summed E-state index contributed by atoms with van der Waals surface area (Å²) in [5.74, 6) is 0.773. The average Bonchev–Trinajstić information content (AvgIpc) is 3.44. The maximum absolute atomic E-state index is 14.5. The monoisotopic (exact) mass is 779 g/mol. The molecule has 3 aromatic heterocycles. The summed E-state index contributed by atoms with van der Waals surface area (Å²) in [6, 6.07) is 15.6. The van der Waals surface area contributed by atoms with Crippen molar-refractivity contribution in [2.45, 2.75) is 0 Å². The van der Waals surface area contributed by atoms with E-state index in [1.54, 1.807) is 84.0 Å². The SMILES string of the molecule is O=P(Oc1cn(Br)c2cc(Cl)ccc12)(Oc1cn(Br)c2cc(Cl)ccc12)Oc1cn(Br)c2cc(Cl)ccc12. The number of fused-ring (bicyclic) bond motifs is 3. The third kappa shape index (κ3) is 4.85. The average molecular weight is 783 g/mol. The zero-order valence-corrected chi connectivity index (χ0v) is 26.5. The van der Waals surface area contributed by atoms with Crippen molar-refractivity contribution in [3.05, 3.63) is 88.3 Å². The Hall–Kier alpha value is -1.78. The van der Waals surface area contributed by atoms with Gasteiger partial charge in [0.1, 0.15) is 0 Å². The fraction of sp³-hybridized carbons (Fsp3) is 0. The number of hydrogen-bond acceptors (Lipinski definition) is 4. The highest BCUT2D eigenvalue weighted by atomic mass is 79.9. The van der Waals surface area contributed by atoms with E-state index in [1.807, 2.05) is 0 Å². The summed E-state index contributed by atoms with van der Waals surface area (Å²) >= 11 is 28.8. The van der Waals surface area contributed by atoms with Gasteiger partial charge in [0.05, 0.1) is 83.6 Å². The fourth-order valence-electron chi connectivity index (χ4n) is 4.03. The van der Waals surface area contributed by atoms with Gasteiger partial charge < -0.3 is 13.6 Å². The smallest absolute Gasteiger partial charge is 0.384 e. The number of aromatic nitrogens is 3. The second-order valence-corrected chi connectivity index (χ2v) is 13.2. The Morgan fingerprint density at radius 1 is 0.553 bits per heavy atom. The molecule has 0 aliphatic carbocycles. The maximum Gasteiger partial charge on any atom is 0.647 e. The molecule has 0 spiro atoms. The zero-order chi connectivity index (χ0) is 26.8. The first kappa shape index (κ1) is 26.4. The Balaban J connectivity index is 1.48. The summed E-state index contributed by atoms with van der Waals surface area (Å²) in [5.41, 5.74) is 2.12. The Morgan fingerprint density at radius 2 is 0.842 bits per heavy atom. The second-order valence-electron chi connectivity index (χ2n) is 8.12. The van der Waals surface area contributed by atoms with Gasteiger partial charge in [0.2, 0.25) is 0 Å². The summed E-state index contributed by atoms with van der Waals surface area (Å²) < 4.78 is 37.5. The van der Waals surface area contributed by atoms with Crippen LogP contribution in [0.25, 0.3) is 32.7 Å². The van der Waals surface area contributed by atoms with Gasteiger partial charge in [0, 0.05) is 31.2 Å². The number of phosphoric ester groups is 1. The number of rotatable bonds is 6. The molecule has 0 bridgehead atoms. The molecule has 38 heavy (non-hydrogen) atoms. The van der Waals surface area contributed by atoms with Crippen LogP contribution in [0.1, 0.15) is 0 Å². The minimum absolute atomic E-state index is 0.258. The Bertz CT molecular complexity index is 1720. The van der Waals surface area contributed by atoms with Crippen molar-refractivity contribution in [3.63, 3.8) is 0 Å². The summed E-state index contributed by atoms with van der Waals surface area (Å²) in [7, 11) is -4.40. The van der Waals surface area contributed by atoms with E-state index in [2.05, 4.69) is 48.4 Å². The minimum Gasteiger partial charge on any atom is -0.384 e. The number of phosphoric acid groups is 1. The normalized spacial score (nSPS) is 12.1. The molecule has 0 N–H and O–H groups in total. The fourth-order valence-corrected chi connectivity index (χ4v) is 7.24. The summed E-state index contributed by atoms with van der Waals surface area (Å²) in [6.45, 7) is 0. The topological polar surface area (TPSA) is 59.6 Å². The predicted octanol–water partition coefficient (Wildman–Crippen LogP) is 10.6. The van der Waals surface area contributed by atoms with Crippen LogP contribution < -0.4 is 13.6 Å². The molecule has 0 fully saturated rings. The number of benzene rings is 3. The van der Waals surface area contributed by atoms with E-state index < -0.39 is 7.82 Å². The van der Waals surface area contributed by atoms with Crippen LogP contribution in [0.2, 0.25) is 15.1 Å². The molecule has 6 rings (SSSR count). The largest absolute Gasteiger partial charge is 0.647 e. The second kappa shape index (κ2) is 10.0. The predicted molar refractivity (Wildman–Crippen MR) is 163 cm³/mol. The van der Waals surface area contributed by atoms with E-state index >= 15 is 0 Å². The molecule has 0 atom stereocenters. The lowest BCUT2D eigenvalue weighted by atomic mass is 10.2. The Kier molecular flexibility index (Phi) is 6.96.